The van der Waals surface area contributed by atoms with Gasteiger partial charge in [0.25, 0.3) is 5.91 Å². The quantitative estimate of drug-likeness (QED) is 0.794. The van der Waals surface area contributed by atoms with Crippen LogP contribution >= 0.6 is 0 Å². The van der Waals surface area contributed by atoms with Crippen molar-refractivity contribution in [1.29, 1.82) is 0 Å². The van der Waals surface area contributed by atoms with Crippen molar-refractivity contribution in [2.75, 3.05) is 25.9 Å². The van der Waals surface area contributed by atoms with Crippen LogP contribution in [0.5, 0.6) is 5.75 Å². The van der Waals surface area contributed by atoms with Gasteiger partial charge in [-0.25, -0.2) is 0 Å². The standard InChI is InChI=1S/C14H19N3O3/c1-3-11-13(18)16-6-7-17(11)14(19)10-8-9(15)4-5-12(10)20-2/h4-5,8,11H,3,6-7,15H2,1-2H3,(H,16,18). The molecule has 6 heteroatoms. The van der Waals surface area contributed by atoms with E-state index in [1.54, 1.807) is 23.1 Å². The zero-order valence-electron chi connectivity index (χ0n) is 11.7. The lowest BCUT2D eigenvalue weighted by molar-refractivity contribution is -0.127. The summed E-state index contributed by atoms with van der Waals surface area (Å²) in [6, 6.07) is 4.48. The molecule has 6 nitrogen and oxygen atoms in total. The lowest BCUT2D eigenvalue weighted by Gasteiger charge is -2.34. The Hall–Kier alpha value is -2.24. The number of carbonyl (C=O) groups is 2. The molecule has 1 heterocycles. The summed E-state index contributed by atoms with van der Waals surface area (Å²) in [5.41, 5.74) is 6.62. The first-order valence-corrected chi connectivity index (χ1v) is 6.60. The van der Waals surface area contributed by atoms with Gasteiger partial charge in [-0.15, -0.1) is 0 Å². The summed E-state index contributed by atoms with van der Waals surface area (Å²) >= 11 is 0. The number of amides is 2. The molecule has 0 spiro atoms. The van der Waals surface area contributed by atoms with Crippen molar-refractivity contribution in [3.8, 4) is 5.75 Å². The Kier molecular flexibility index (Phi) is 4.12. The molecule has 1 aromatic carbocycles. The first kappa shape index (κ1) is 14.2. The van der Waals surface area contributed by atoms with Crippen LogP contribution in [0, 0.1) is 0 Å². The molecule has 1 saturated heterocycles. The summed E-state index contributed by atoms with van der Waals surface area (Å²) in [4.78, 5) is 26.1. The number of carbonyl (C=O) groups excluding carboxylic acids is 2. The summed E-state index contributed by atoms with van der Waals surface area (Å²) in [5, 5.41) is 2.77. The zero-order chi connectivity index (χ0) is 14.7. The second-order valence-corrected chi connectivity index (χ2v) is 4.67. The van der Waals surface area contributed by atoms with Crippen molar-refractivity contribution in [2.24, 2.45) is 0 Å². The largest absolute Gasteiger partial charge is 0.496 e. The third-order valence-corrected chi connectivity index (χ3v) is 3.43. The maximum atomic E-state index is 12.7. The number of nitrogen functional groups attached to an aromatic ring is 1. The molecular weight excluding hydrogens is 258 g/mol. The van der Waals surface area contributed by atoms with Crippen molar-refractivity contribution in [3.63, 3.8) is 0 Å². The highest BCUT2D eigenvalue weighted by Gasteiger charge is 2.33. The maximum absolute atomic E-state index is 12.7. The van der Waals surface area contributed by atoms with Crippen LogP contribution in [-0.4, -0.2) is 43.0 Å². The van der Waals surface area contributed by atoms with E-state index in [1.165, 1.54) is 7.11 Å². The van der Waals surface area contributed by atoms with E-state index in [9.17, 15) is 9.59 Å². The number of ether oxygens (including phenoxy) is 1. The molecule has 108 valence electrons. The van der Waals surface area contributed by atoms with Crippen molar-refractivity contribution < 1.29 is 14.3 Å². The molecule has 0 aromatic heterocycles. The minimum atomic E-state index is -0.442. The van der Waals surface area contributed by atoms with Gasteiger partial charge in [0.05, 0.1) is 12.7 Å². The molecule has 1 unspecified atom stereocenters. The number of nitrogens with two attached hydrogens (primary N) is 1. The molecule has 0 bridgehead atoms. The van der Waals surface area contributed by atoms with Gasteiger partial charge in [0.2, 0.25) is 5.91 Å². The molecule has 3 N–H and O–H groups in total. The maximum Gasteiger partial charge on any atom is 0.258 e. The number of piperazine rings is 1. The van der Waals surface area contributed by atoms with Gasteiger partial charge in [-0.3, -0.25) is 9.59 Å². The van der Waals surface area contributed by atoms with Crippen molar-refractivity contribution in [1.82, 2.24) is 10.2 Å². The number of nitrogens with one attached hydrogen (secondary N) is 1. The van der Waals surface area contributed by atoms with E-state index in [0.717, 1.165) is 0 Å². The van der Waals surface area contributed by atoms with Crippen LogP contribution in [0.25, 0.3) is 0 Å². The lowest BCUT2D eigenvalue weighted by Crippen LogP contribution is -2.56. The summed E-state index contributed by atoms with van der Waals surface area (Å²) in [7, 11) is 1.50. The van der Waals surface area contributed by atoms with Crippen molar-refractivity contribution in [2.45, 2.75) is 19.4 Å². The summed E-state index contributed by atoms with van der Waals surface area (Å²) < 4.78 is 5.20. The second-order valence-electron chi connectivity index (χ2n) is 4.67. The summed E-state index contributed by atoms with van der Waals surface area (Å²) in [5.74, 6) is 0.121. The molecule has 1 atom stereocenters. The third kappa shape index (κ3) is 2.54. The SMILES string of the molecule is CCC1C(=O)NCCN1C(=O)c1cc(N)ccc1OC. The second kappa shape index (κ2) is 5.81. The fraction of sp³-hybridized carbons (Fsp3) is 0.429. The van der Waals surface area contributed by atoms with Gasteiger partial charge < -0.3 is 20.7 Å². The zero-order valence-corrected chi connectivity index (χ0v) is 11.7. The van der Waals surface area contributed by atoms with E-state index < -0.39 is 6.04 Å². The monoisotopic (exact) mass is 277 g/mol. The fourth-order valence-corrected chi connectivity index (χ4v) is 2.41. The van der Waals surface area contributed by atoms with Crippen LogP contribution in [0.3, 0.4) is 0 Å². The first-order valence-electron chi connectivity index (χ1n) is 6.60. The Labute approximate surface area is 117 Å². The topological polar surface area (TPSA) is 84.7 Å². The average Bonchev–Trinajstić information content (AvgIpc) is 2.46. The molecule has 1 aliphatic rings. The predicted molar refractivity (Wildman–Crippen MR) is 75.5 cm³/mol. The summed E-state index contributed by atoms with van der Waals surface area (Å²) in [6.45, 7) is 2.83. The van der Waals surface area contributed by atoms with Crippen LogP contribution in [0.2, 0.25) is 0 Å². The molecule has 0 aliphatic carbocycles. The molecule has 1 fully saturated rings. The van der Waals surface area contributed by atoms with E-state index in [0.29, 0.717) is 36.5 Å². The number of rotatable bonds is 3. The van der Waals surface area contributed by atoms with Gasteiger partial charge in [-0.2, -0.15) is 0 Å². The van der Waals surface area contributed by atoms with E-state index in [4.69, 9.17) is 10.5 Å². The number of anilines is 1. The van der Waals surface area contributed by atoms with E-state index in [1.807, 2.05) is 6.92 Å². The Morgan fingerprint density at radius 2 is 2.30 bits per heavy atom. The van der Waals surface area contributed by atoms with E-state index in [2.05, 4.69) is 5.32 Å². The number of hydrogen-bond donors (Lipinski definition) is 2. The molecule has 2 amide bonds. The Balaban J connectivity index is 2.34. The fourth-order valence-electron chi connectivity index (χ4n) is 2.41. The van der Waals surface area contributed by atoms with Crippen molar-refractivity contribution in [3.05, 3.63) is 23.8 Å². The molecule has 1 aliphatic heterocycles. The van der Waals surface area contributed by atoms with Crippen LogP contribution < -0.4 is 15.8 Å². The highest BCUT2D eigenvalue weighted by atomic mass is 16.5. The minimum Gasteiger partial charge on any atom is -0.496 e. The Bertz CT molecular complexity index is 530. The smallest absolute Gasteiger partial charge is 0.258 e. The first-order chi connectivity index (χ1) is 9.58. The van der Waals surface area contributed by atoms with E-state index in [-0.39, 0.29) is 11.8 Å². The molecule has 1 aromatic rings. The lowest BCUT2D eigenvalue weighted by atomic mass is 10.1. The highest BCUT2D eigenvalue weighted by molar-refractivity contribution is 6.00. The molecule has 0 radical (unpaired) electrons. The predicted octanol–water partition coefficient (Wildman–Crippen LogP) is 0.628. The molecule has 20 heavy (non-hydrogen) atoms. The number of hydrogen-bond acceptors (Lipinski definition) is 4. The van der Waals surface area contributed by atoms with Gasteiger partial charge in [-0.05, 0) is 24.6 Å². The van der Waals surface area contributed by atoms with Crippen LogP contribution in [0.1, 0.15) is 23.7 Å². The van der Waals surface area contributed by atoms with Gasteiger partial charge in [0, 0.05) is 18.8 Å². The molecule has 2 rings (SSSR count). The Morgan fingerprint density at radius 3 is 2.95 bits per heavy atom. The molecule has 0 saturated carbocycles. The van der Waals surface area contributed by atoms with Gasteiger partial charge >= 0.3 is 0 Å². The number of methoxy groups -OCH3 is 1. The van der Waals surface area contributed by atoms with Gasteiger partial charge in [0.1, 0.15) is 11.8 Å². The van der Waals surface area contributed by atoms with Crippen LogP contribution in [0.15, 0.2) is 18.2 Å². The van der Waals surface area contributed by atoms with E-state index >= 15 is 0 Å². The Morgan fingerprint density at radius 1 is 1.55 bits per heavy atom. The van der Waals surface area contributed by atoms with Crippen molar-refractivity contribution >= 4 is 17.5 Å². The highest BCUT2D eigenvalue weighted by Crippen LogP contribution is 2.24. The normalized spacial score (nSPS) is 18.6. The minimum absolute atomic E-state index is 0.116. The van der Waals surface area contributed by atoms with Gasteiger partial charge in [0.15, 0.2) is 0 Å². The number of nitrogens with zero attached hydrogens (tertiary/aromatic N) is 1. The molecular formula is C14H19N3O3. The number of benzene rings is 1. The van der Waals surface area contributed by atoms with Crippen LogP contribution in [0.4, 0.5) is 5.69 Å². The summed E-state index contributed by atoms with van der Waals surface area (Å²) in [6.07, 6.45) is 0.572. The van der Waals surface area contributed by atoms with Gasteiger partial charge in [-0.1, -0.05) is 6.92 Å². The van der Waals surface area contributed by atoms with Crippen LogP contribution in [-0.2, 0) is 4.79 Å². The third-order valence-electron chi connectivity index (χ3n) is 3.43. The average molecular weight is 277 g/mol.